The molecule has 0 saturated carbocycles. The molecule has 2 heterocycles. The van der Waals surface area contributed by atoms with Gasteiger partial charge in [-0.05, 0) is 37.5 Å². The van der Waals surface area contributed by atoms with E-state index in [4.69, 9.17) is 11.6 Å². The highest BCUT2D eigenvalue weighted by Gasteiger charge is 2.31. The summed E-state index contributed by atoms with van der Waals surface area (Å²) in [6.07, 6.45) is 1.59. The predicted octanol–water partition coefficient (Wildman–Crippen LogP) is 3.38. The lowest BCUT2D eigenvalue weighted by atomic mass is 10.1. The molecule has 1 aliphatic heterocycles. The molecule has 3 aromatic rings. The third-order valence-electron chi connectivity index (χ3n) is 5.92. The summed E-state index contributed by atoms with van der Waals surface area (Å²) in [4.78, 5) is 15.1. The van der Waals surface area contributed by atoms with Crippen LogP contribution in [0.3, 0.4) is 0 Å². The summed E-state index contributed by atoms with van der Waals surface area (Å²) in [6.45, 7) is 7.41. The van der Waals surface area contributed by atoms with Gasteiger partial charge in [-0.25, -0.2) is 13.1 Å². The molecule has 0 spiro atoms. The summed E-state index contributed by atoms with van der Waals surface area (Å²) in [5.41, 5.74) is 3.67. The minimum atomic E-state index is -3.61. The van der Waals surface area contributed by atoms with Crippen molar-refractivity contribution in [2.45, 2.75) is 32.2 Å². The molecule has 0 atom stereocenters. The van der Waals surface area contributed by atoms with E-state index in [0.717, 1.165) is 22.3 Å². The van der Waals surface area contributed by atoms with Gasteiger partial charge in [0.15, 0.2) is 0 Å². The van der Waals surface area contributed by atoms with Gasteiger partial charge in [-0.15, -0.1) is 0 Å². The molecule has 0 radical (unpaired) electrons. The van der Waals surface area contributed by atoms with Crippen molar-refractivity contribution < 1.29 is 8.42 Å². The average molecular weight is 487 g/mol. The maximum absolute atomic E-state index is 13.3. The molecule has 0 N–H and O–H groups in total. The standard InChI is InChI=1S/C24H27ClN4O3S/c1-17-13-18(2)23(19(3)14-17)33(31,32)28-11-9-27(10-12-28)21-15-26-29(24(30)22(21)25)16-20-7-5-4-6-8-20/h4-8,13-15H,9-12,16H2,1-3H3. The Morgan fingerprint density at radius 1 is 0.970 bits per heavy atom. The number of anilines is 1. The fourth-order valence-corrected chi connectivity index (χ4v) is 6.52. The highest BCUT2D eigenvalue weighted by molar-refractivity contribution is 7.89. The maximum atomic E-state index is 13.3. The first-order valence-corrected chi connectivity index (χ1v) is 12.6. The average Bonchev–Trinajstić information content (AvgIpc) is 2.77. The van der Waals surface area contributed by atoms with E-state index < -0.39 is 10.0 Å². The van der Waals surface area contributed by atoms with Crippen LogP contribution in [0.15, 0.2) is 58.4 Å². The van der Waals surface area contributed by atoms with E-state index in [1.165, 1.54) is 8.99 Å². The van der Waals surface area contributed by atoms with Gasteiger partial charge in [0.2, 0.25) is 10.0 Å². The Balaban J connectivity index is 1.51. The first-order valence-electron chi connectivity index (χ1n) is 10.8. The smallest absolute Gasteiger partial charge is 0.287 e. The van der Waals surface area contributed by atoms with Crippen molar-refractivity contribution in [3.8, 4) is 0 Å². The van der Waals surface area contributed by atoms with Crippen LogP contribution in [0, 0.1) is 20.8 Å². The molecule has 1 saturated heterocycles. The third kappa shape index (κ3) is 4.69. The molecule has 1 aliphatic rings. The van der Waals surface area contributed by atoms with Crippen LogP contribution in [0.4, 0.5) is 5.69 Å². The van der Waals surface area contributed by atoms with E-state index in [1.54, 1.807) is 6.20 Å². The van der Waals surface area contributed by atoms with Gasteiger partial charge in [0, 0.05) is 26.2 Å². The van der Waals surface area contributed by atoms with Crippen LogP contribution in [0.1, 0.15) is 22.3 Å². The molecule has 2 aromatic carbocycles. The molecule has 33 heavy (non-hydrogen) atoms. The molecule has 4 rings (SSSR count). The molecule has 1 fully saturated rings. The zero-order valence-electron chi connectivity index (χ0n) is 19.0. The summed E-state index contributed by atoms with van der Waals surface area (Å²) in [5, 5.41) is 4.40. The fraction of sp³-hybridized carbons (Fsp3) is 0.333. The Labute approximate surface area is 199 Å². The van der Waals surface area contributed by atoms with Crippen LogP contribution >= 0.6 is 11.6 Å². The van der Waals surface area contributed by atoms with Gasteiger partial charge in [-0.3, -0.25) is 4.79 Å². The second-order valence-electron chi connectivity index (χ2n) is 8.41. The lowest BCUT2D eigenvalue weighted by Crippen LogP contribution is -2.49. The Hall–Kier alpha value is -2.68. The molecule has 0 unspecified atom stereocenters. The van der Waals surface area contributed by atoms with Crippen LogP contribution in [0.5, 0.6) is 0 Å². The number of piperazine rings is 1. The van der Waals surface area contributed by atoms with E-state index in [-0.39, 0.29) is 10.6 Å². The number of aryl methyl sites for hydroxylation is 3. The lowest BCUT2D eigenvalue weighted by Gasteiger charge is -2.36. The molecule has 9 heteroatoms. The quantitative estimate of drug-likeness (QED) is 0.552. The molecule has 7 nitrogen and oxygen atoms in total. The molecule has 0 aliphatic carbocycles. The first-order chi connectivity index (χ1) is 15.7. The van der Waals surface area contributed by atoms with Gasteiger partial charge in [0.1, 0.15) is 5.02 Å². The SMILES string of the molecule is Cc1cc(C)c(S(=O)(=O)N2CCN(c3cnn(Cc4ccccc4)c(=O)c3Cl)CC2)c(C)c1. The zero-order valence-corrected chi connectivity index (χ0v) is 20.5. The summed E-state index contributed by atoms with van der Waals surface area (Å²) in [6, 6.07) is 13.4. The van der Waals surface area contributed by atoms with E-state index in [9.17, 15) is 13.2 Å². The van der Waals surface area contributed by atoms with Crippen molar-refractivity contribution in [3.05, 3.63) is 86.3 Å². The second kappa shape index (κ2) is 9.29. The molecule has 1 aromatic heterocycles. The molecular formula is C24H27ClN4O3S. The van der Waals surface area contributed by atoms with E-state index >= 15 is 0 Å². The van der Waals surface area contributed by atoms with Crippen LogP contribution in [0.25, 0.3) is 0 Å². The van der Waals surface area contributed by atoms with Crippen molar-refractivity contribution in [1.29, 1.82) is 0 Å². The van der Waals surface area contributed by atoms with Gasteiger partial charge in [0.05, 0.1) is 23.3 Å². The van der Waals surface area contributed by atoms with Gasteiger partial charge >= 0.3 is 0 Å². The molecular weight excluding hydrogens is 460 g/mol. The highest BCUT2D eigenvalue weighted by atomic mass is 35.5. The first kappa shape index (κ1) is 23.5. The van der Waals surface area contributed by atoms with Crippen molar-refractivity contribution >= 4 is 27.3 Å². The monoisotopic (exact) mass is 486 g/mol. The lowest BCUT2D eigenvalue weighted by molar-refractivity contribution is 0.384. The minimum Gasteiger partial charge on any atom is -0.366 e. The summed E-state index contributed by atoms with van der Waals surface area (Å²) in [7, 11) is -3.61. The van der Waals surface area contributed by atoms with Crippen LogP contribution in [-0.2, 0) is 16.6 Å². The van der Waals surface area contributed by atoms with E-state index in [1.807, 2.05) is 68.1 Å². The number of aromatic nitrogens is 2. The van der Waals surface area contributed by atoms with Gasteiger partial charge in [0.25, 0.3) is 5.56 Å². The molecule has 0 amide bonds. The Morgan fingerprint density at radius 3 is 2.18 bits per heavy atom. The number of rotatable bonds is 5. The largest absolute Gasteiger partial charge is 0.366 e. The number of halogens is 1. The third-order valence-corrected chi connectivity index (χ3v) is 8.48. The Morgan fingerprint density at radius 2 is 1.58 bits per heavy atom. The van der Waals surface area contributed by atoms with Crippen molar-refractivity contribution in [3.63, 3.8) is 0 Å². The number of benzene rings is 2. The zero-order chi connectivity index (χ0) is 23.8. The van der Waals surface area contributed by atoms with E-state index in [0.29, 0.717) is 43.3 Å². The van der Waals surface area contributed by atoms with Crippen LogP contribution < -0.4 is 10.5 Å². The summed E-state index contributed by atoms with van der Waals surface area (Å²) < 4.78 is 29.5. The molecule has 174 valence electrons. The number of nitrogens with zero attached hydrogens (tertiary/aromatic N) is 4. The van der Waals surface area contributed by atoms with Crippen LogP contribution in [0.2, 0.25) is 5.02 Å². The topological polar surface area (TPSA) is 75.5 Å². The Bertz CT molecular complexity index is 1310. The predicted molar refractivity (Wildman–Crippen MR) is 131 cm³/mol. The number of hydrogen-bond acceptors (Lipinski definition) is 5. The van der Waals surface area contributed by atoms with Gasteiger partial charge < -0.3 is 4.90 Å². The summed E-state index contributed by atoms with van der Waals surface area (Å²) in [5.74, 6) is 0. The van der Waals surface area contributed by atoms with Crippen molar-refractivity contribution in [2.24, 2.45) is 0 Å². The molecule has 0 bridgehead atoms. The minimum absolute atomic E-state index is 0.0995. The number of sulfonamides is 1. The van der Waals surface area contributed by atoms with Crippen LogP contribution in [-0.4, -0.2) is 48.7 Å². The highest BCUT2D eigenvalue weighted by Crippen LogP contribution is 2.28. The maximum Gasteiger partial charge on any atom is 0.287 e. The van der Waals surface area contributed by atoms with Gasteiger partial charge in [-0.1, -0.05) is 59.6 Å². The summed E-state index contributed by atoms with van der Waals surface area (Å²) >= 11 is 6.43. The normalized spacial score (nSPS) is 15.1. The second-order valence-corrected chi connectivity index (χ2v) is 10.7. The van der Waals surface area contributed by atoms with Crippen molar-refractivity contribution in [2.75, 3.05) is 31.1 Å². The number of hydrogen-bond donors (Lipinski definition) is 0. The fourth-order valence-electron chi connectivity index (χ4n) is 4.42. The Kier molecular flexibility index (Phi) is 6.61. The van der Waals surface area contributed by atoms with Crippen molar-refractivity contribution in [1.82, 2.24) is 14.1 Å². The van der Waals surface area contributed by atoms with Gasteiger partial charge in [-0.2, -0.15) is 9.40 Å². The van der Waals surface area contributed by atoms with E-state index in [2.05, 4.69) is 5.10 Å².